The van der Waals surface area contributed by atoms with E-state index in [2.05, 4.69) is 0 Å². The van der Waals surface area contributed by atoms with Crippen molar-refractivity contribution in [3.05, 3.63) is 11.8 Å². The van der Waals surface area contributed by atoms with Gasteiger partial charge in [-0.3, -0.25) is 0 Å². The average Bonchev–Trinajstić information content (AvgIpc) is 2.25. The highest BCUT2D eigenvalue weighted by molar-refractivity contribution is 5.88. The molecule has 0 saturated heterocycles. The minimum Gasteiger partial charge on any atom is -0.498 e. The van der Waals surface area contributed by atoms with Crippen molar-refractivity contribution in [2.24, 2.45) is 0 Å². The van der Waals surface area contributed by atoms with Crippen LogP contribution in [0, 0.1) is 0 Å². The van der Waals surface area contributed by atoms with Crippen molar-refractivity contribution in [3.8, 4) is 0 Å². The minimum absolute atomic E-state index is 0.0556. The number of carbonyl (C=O) groups excluding carboxylic acids is 1. The first-order chi connectivity index (χ1) is 7.26. The third-order valence-corrected chi connectivity index (χ3v) is 1.65. The van der Waals surface area contributed by atoms with E-state index >= 15 is 0 Å². The molecule has 0 aliphatic rings. The average molecular weight is 216 g/mol. The quantitative estimate of drug-likeness (QED) is 0.290. The number of esters is 1. The maximum absolute atomic E-state index is 11.5. The molecule has 0 aliphatic heterocycles. The van der Waals surface area contributed by atoms with Crippen LogP contribution in [0.5, 0.6) is 0 Å². The smallest absolute Gasteiger partial charge is 0.337 e. The zero-order valence-electron chi connectivity index (χ0n) is 9.49. The summed E-state index contributed by atoms with van der Waals surface area (Å²) in [4.78, 5) is 11.5. The molecule has 0 aromatic rings. The number of hydrogen-bond donors (Lipinski definition) is 1. The summed E-state index contributed by atoms with van der Waals surface area (Å²) in [5.74, 6) is -0.323. The molecule has 0 rings (SSSR count). The van der Waals surface area contributed by atoms with Crippen molar-refractivity contribution < 1.29 is 19.4 Å². The van der Waals surface area contributed by atoms with Crippen molar-refractivity contribution in [1.82, 2.24) is 0 Å². The summed E-state index contributed by atoms with van der Waals surface area (Å²) < 4.78 is 9.97. The van der Waals surface area contributed by atoms with Crippen LogP contribution in [0.1, 0.15) is 33.1 Å². The van der Waals surface area contributed by atoms with Crippen molar-refractivity contribution >= 4 is 5.97 Å². The molecule has 0 atom stereocenters. The Kier molecular flexibility index (Phi) is 8.87. The van der Waals surface area contributed by atoms with E-state index in [1.165, 1.54) is 6.26 Å². The van der Waals surface area contributed by atoms with Crippen LogP contribution in [0.3, 0.4) is 0 Å². The topological polar surface area (TPSA) is 55.8 Å². The molecule has 0 aliphatic carbocycles. The molecule has 0 aromatic heterocycles. The van der Waals surface area contributed by atoms with E-state index in [1.807, 2.05) is 13.8 Å². The maximum atomic E-state index is 11.5. The van der Waals surface area contributed by atoms with Crippen molar-refractivity contribution in [3.63, 3.8) is 0 Å². The van der Waals surface area contributed by atoms with Gasteiger partial charge in [-0.05, 0) is 12.8 Å². The van der Waals surface area contributed by atoms with E-state index in [0.717, 1.165) is 12.8 Å². The number of aliphatic hydroxyl groups excluding tert-OH is 1. The fraction of sp³-hybridized carbons (Fsp3) is 0.727. The Balaban J connectivity index is 4.10. The second-order valence-electron chi connectivity index (χ2n) is 3.12. The largest absolute Gasteiger partial charge is 0.498 e. The fourth-order valence-corrected chi connectivity index (χ4v) is 0.978. The van der Waals surface area contributed by atoms with Crippen LogP contribution < -0.4 is 0 Å². The molecule has 0 fully saturated rings. The Morgan fingerprint density at radius 2 is 2.00 bits per heavy atom. The Bertz CT molecular complexity index is 199. The normalized spacial score (nSPS) is 11.3. The molecule has 0 radical (unpaired) electrons. The number of carbonyl (C=O) groups is 1. The third-order valence-electron chi connectivity index (χ3n) is 1.65. The molecule has 1 N–H and O–H groups in total. The van der Waals surface area contributed by atoms with Crippen LogP contribution in [0.15, 0.2) is 11.8 Å². The van der Waals surface area contributed by atoms with Gasteiger partial charge in [0.15, 0.2) is 0 Å². The Morgan fingerprint density at radius 1 is 1.27 bits per heavy atom. The van der Waals surface area contributed by atoms with Gasteiger partial charge in [0.1, 0.15) is 6.61 Å². The molecule has 0 saturated carbocycles. The van der Waals surface area contributed by atoms with Gasteiger partial charge < -0.3 is 14.6 Å². The van der Waals surface area contributed by atoms with Crippen LogP contribution in [0.2, 0.25) is 0 Å². The summed E-state index contributed by atoms with van der Waals surface area (Å²) in [6.07, 6.45) is 3.68. The van der Waals surface area contributed by atoms with Gasteiger partial charge in [0, 0.05) is 0 Å². The SMILES string of the molecule is CCCOC(=O)C(=COCCO)CCC. The second-order valence-corrected chi connectivity index (χ2v) is 3.12. The highest BCUT2D eigenvalue weighted by Crippen LogP contribution is 2.07. The number of rotatable bonds is 8. The van der Waals surface area contributed by atoms with E-state index in [4.69, 9.17) is 14.6 Å². The Morgan fingerprint density at radius 3 is 2.53 bits per heavy atom. The summed E-state index contributed by atoms with van der Waals surface area (Å²) >= 11 is 0. The zero-order chi connectivity index (χ0) is 11.5. The van der Waals surface area contributed by atoms with Crippen molar-refractivity contribution in [2.45, 2.75) is 33.1 Å². The zero-order valence-corrected chi connectivity index (χ0v) is 9.49. The molecule has 4 heteroatoms. The van der Waals surface area contributed by atoms with Gasteiger partial charge in [-0.15, -0.1) is 0 Å². The maximum Gasteiger partial charge on any atom is 0.337 e. The van der Waals surface area contributed by atoms with Gasteiger partial charge in [0.05, 0.1) is 25.0 Å². The van der Waals surface area contributed by atoms with Crippen molar-refractivity contribution in [2.75, 3.05) is 19.8 Å². The molecular formula is C11H20O4. The van der Waals surface area contributed by atoms with Crippen LogP contribution in [0.4, 0.5) is 0 Å². The van der Waals surface area contributed by atoms with E-state index in [-0.39, 0.29) is 19.2 Å². The highest BCUT2D eigenvalue weighted by atomic mass is 16.5. The lowest BCUT2D eigenvalue weighted by molar-refractivity contribution is -0.139. The van der Waals surface area contributed by atoms with Gasteiger partial charge in [-0.2, -0.15) is 0 Å². The number of aliphatic hydroxyl groups is 1. The molecule has 4 nitrogen and oxygen atoms in total. The Labute approximate surface area is 90.9 Å². The third kappa shape index (κ3) is 6.96. The lowest BCUT2D eigenvalue weighted by Crippen LogP contribution is -2.09. The van der Waals surface area contributed by atoms with Crippen LogP contribution in [-0.4, -0.2) is 30.9 Å². The summed E-state index contributed by atoms with van der Waals surface area (Å²) in [6, 6.07) is 0. The van der Waals surface area contributed by atoms with Gasteiger partial charge in [0.2, 0.25) is 0 Å². The molecule has 88 valence electrons. The molecule has 15 heavy (non-hydrogen) atoms. The van der Waals surface area contributed by atoms with Gasteiger partial charge in [0.25, 0.3) is 0 Å². The second kappa shape index (κ2) is 9.52. The van der Waals surface area contributed by atoms with E-state index in [9.17, 15) is 4.79 Å². The van der Waals surface area contributed by atoms with Gasteiger partial charge in [-0.25, -0.2) is 4.79 Å². The molecule has 0 amide bonds. The fourth-order valence-electron chi connectivity index (χ4n) is 0.978. The summed E-state index contributed by atoms with van der Waals surface area (Å²) in [7, 11) is 0. The van der Waals surface area contributed by atoms with E-state index in [0.29, 0.717) is 18.6 Å². The van der Waals surface area contributed by atoms with Gasteiger partial charge in [-0.1, -0.05) is 20.3 Å². The molecule has 0 unspecified atom stereocenters. The van der Waals surface area contributed by atoms with Gasteiger partial charge >= 0.3 is 5.97 Å². The monoisotopic (exact) mass is 216 g/mol. The summed E-state index contributed by atoms with van der Waals surface area (Å²) in [5, 5.41) is 8.52. The van der Waals surface area contributed by atoms with E-state index in [1.54, 1.807) is 0 Å². The lowest BCUT2D eigenvalue weighted by atomic mass is 10.2. The van der Waals surface area contributed by atoms with Crippen molar-refractivity contribution in [1.29, 1.82) is 0 Å². The first kappa shape index (κ1) is 14.0. The van der Waals surface area contributed by atoms with E-state index < -0.39 is 0 Å². The number of ether oxygens (including phenoxy) is 2. The molecule has 0 heterocycles. The van der Waals surface area contributed by atoms with Crippen LogP contribution in [0.25, 0.3) is 0 Å². The van der Waals surface area contributed by atoms with Crippen LogP contribution >= 0.6 is 0 Å². The predicted molar refractivity (Wildman–Crippen MR) is 57.3 cm³/mol. The summed E-state index contributed by atoms with van der Waals surface area (Å²) in [5.41, 5.74) is 0.527. The molecule has 0 spiro atoms. The predicted octanol–water partition coefficient (Wildman–Crippen LogP) is 1.63. The number of hydrogen-bond acceptors (Lipinski definition) is 4. The Hall–Kier alpha value is -1.03. The standard InChI is InChI=1S/C11H20O4/c1-3-5-10(9-14-8-6-12)11(13)15-7-4-2/h9,12H,3-8H2,1-2H3. The summed E-state index contributed by atoms with van der Waals surface area (Å²) in [6.45, 7) is 4.50. The molecule has 0 aromatic carbocycles. The lowest BCUT2D eigenvalue weighted by Gasteiger charge is -2.06. The highest BCUT2D eigenvalue weighted by Gasteiger charge is 2.09. The first-order valence-electron chi connectivity index (χ1n) is 5.34. The molecular weight excluding hydrogens is 196 g/mol. The first-order valence-corrected chi connectivity index (χ1v) is 5.34. The van der Waals surface area contributed by atoms with Crippen LogP contribution in [-0.2, 0) is 14.3 Å². The molecule has 0 bridgehead atoms. The minimum atomic E-state index is -0.323.